The smallest absolute Gasteiger partial charge is 0.412 e. The molecular formula is C17H17N3O3. The summed E-state index contributed by atoms with van der Waals surface area (Å²) in [5.74, 6) is 0.748. The van der Waals surface area contributed by atoms with E-state index in [4.69, 9.17) is 14.7 Å². The maximum Gasteiger partial charge on any atom is 0.412 e. The molecule has 1 heterocycles. The highest BCUT2D eigenvalue weighted by Gasteiger charge is 2.16. The molecule has 2 aromatic rings. The molecule has 0 bridgehead atoms. The summed E-state index contributed by atoms with van der Waals surface area (Å²) in [6.45, 7) is 5.38. The zero-order valence-electron chi connectivity index (χ0n) is 13.2. The fraction of sp³-hybridized carbons (Fsp3) is 0.235. The second-order valence-corrected chi connectivity index (χ2v) is 5.72. The van der Waals surface area contributed by atoms with Crippen LogP contribution in [-0.4, -0.2) is 16.7 Å². The lowest BCUT2D eigenvalue weighted by atomic mass is 10.2. The molecule has 0 aliphatic carbocycles. The van der Waals surface area contributed by atoms with Crippen molar-refractivity contribution in [2.45, 2.75) is 26.4 Å². The van der Waals surface area contributed by atoms with Gasteiger partial charge in [-0.1, -0.05) is 0 Å². The topological polar surface area (TPSA) is 84.2 Å². The number of rotatable bonds is 3. The van der Waals surface area contributed by atoms with E-state index in [-0.39, 0.29) is 5.88 Å². The van der Waals surface area contributed by atoms with Crippen LogP contribution in [0.4, 0.5) is 10.5 Å². The number of pyridine rings is 1. The maximum absolute atomic E-state index is 11.7. The number of anilines is 1. The third-order valence-corrected chi connectivity index (χ3v) is 2.61. The van der Waals surface area contributed by atoms with E-state index in [2.05, 4.69) is 10.3 Å². The molecule has 1 aromatic carbocycles. The molecule has 0 fully saturated rings. The van der Waals surface area contributed by atoms with E-state index in [1.54, 1.807) is 63.4 Å². The first-order valence-electron chi connectivity index (χ1n) is 7.00. The van der Waals surface area contributed by atoms with E-state index < -0.39 is 11.7 Å². The Balaban J connectivity index is 2.03. The third kappa shape index (κ3) is 5.00. The Morgan fingerprint density at radius 2 is 1.91 bits per heavy atom. The van der Waals surface area contributed by atoms with Gasteiger partial charge in [0.1, 0.15) is 23.0 Å². The van der Waals surface area contributed by atoms with Crippen molar-refractivity contribution in [3.05, 3.63) is 48.2 Å². The molecule has 0 saturated heterocycles. The number of nitrogens with one attached hydrogen (secondary N) is 1. The zero-order chi connectivity index (χ0) is 16.9. The highest BCUT2D eigenvalue weighted by Crippen LogP contribution is 2.24. The molecule has 0 aliphatic heterocycles. The predicted molar refractivity (Wildman–Crippen MR) is 85.3 cm³/mol. The zero-order valence-corrected chi connectivity index (χ0v) is 13.2. The molecule has 118 valence electrons. The molecule has 1 amide bonds. The number of hydrogen-bond donors (Lipinski definition) is 1. The molecule has 1 N–H and O–H groups in total. The van der Waals surface area contributed by atoms with Gasteiger partial charge in [0.15, 0.2) is 0 Å². The average Bonchev–Trinajstić information content (AvgIpc) is 2.48. The monoisotopic (exact) mass is 311 g/mol. The van der Waals surface area contributed by atoms with E-state index in [1.807, 2.05) is 6.07 Å². The summed E-state index contributed by atoms with van der Waals surface area (Å²) < 4.78 is 10.7. The fourth-order valence-electron chi connectivity index (χ4n) is 1.70. The minimum atomic E-state index is -0.556. The molecule has 6 heteroatoms. The summed E-state index contributed by atoms with van der Waals surface area (Å²) in [6, 6.07) is 12.0. The van der Waals surface area contributed by atoms with E-state index in [1.165, 1.54) is 0 Å². The number of amides is 1. The average molecular weight is 311 g/mol. The molecule has 23 heavy (non-hydrogen) atoms. The van der Waals surface area contributed by atoms with Crippen LogP contribution in [0.15, 0.2) is 42.6 Å². The van der Waals surface area contributed by atoms with Crippen molar-refractivity contribution in [1.82, 2.24) is 4.98 Å². The third-order valence-electron chi connectivity index (χ3n) is 2.61. The van der Waals surface area contributed by atoms with E-state index in [9.17, 15) is 4.79 Å². The lowest BCUT2D eigenvalue weighted by molar-refractivity contribution is 0.0636. The standard InChI is InChI=1S/C17H17N3O3/c1-17(2,3)23-16(21)20-13-6-8-14(9-7-13)22-15-12(11-18)5-4-10-19-15/h4-10H,1-3H3,(H,20,21). The Hall–Kier alpha value is -3.07. The fourth-order valence-corrected chi connectivity index (χ4v) is 1.70. The molecule has 0 atom stereocenters. The lowest BCUT2D eigenvalue weighted by Gasteiger charge is -2.19. The van der Waals surface area contributed by atoms with Crippen molar-refractivity contribution in [2.75, 3.05) is 5.32 Å². The Labute approximate surface area is 134 Å². The number of aromatic nitrogens is 1. The van der Waals surface area contributed by atoms with E-state index in [0.717, 1.165) is 0 Å². The lowest BCUT2D eigenvalue weighted by Crippen LogP contribution is -2.27. The quantitative estimate of drug-likeness (QED) is 0.922. The van der Waals surface area contributed by atoms with Crippen LogP contribution >= 0.6 is 0 Å². The van der Waals surface area contributed by atoms with Crippen molar-refractivity contribution in [3.8, 4) is 17.7 Å². The van der Waals surface area contributed by atoms with Gasteiger partial charge in [-0.15, -0.1) is 0 Å². The number of carbonyl (C=O) groups is 1. The molecule has 1 aromatic heterocycles. The van der Waals surface area contributed by atoms with Gasteiger partial charge in [0, 0.05) is 11.9 Å². The molecule has 0 saturated carbocycles. The highest BCUT2D eigenvalue weighted by atomic mass is 16.6. The van der Waals surface area contributed by atoms with Crippen LogP contribution in [0.2, 0.25) is 0 Å². The number of nitrogens with zero attached hydrogens (tertiary/aromatic N) is 2. The first kappa shape index (κ1) is 16.3. The first-order chi connectivity index (χ1) is 10.9. The van der Waals surface area contributed by atoms with Gasteiger partial charge in [0.25, 0.3) is 0 Å². The van der Waals surface area contributed by atoms with Crippen LogP contribution < -0.4 is 10.1 Å². The minimum Gasteiger partial charge on any atom is -0.444 e. The summed E-state index contributed by atoms with van der Waals surface area (Å²) >= 11 is 0. The number of carbonyl (C=O) groups excluding carboxylic acids is 1. The normalized spacial score (nSPS) is 10.5. The van der Waals surface area contributed by atoms with Crippen LogP contribution in [-0.2, 0) is 4.74 Å². The molecule has 0 radical (unpaired) electrons. The van der Waals surface area contributed by atoms with E-state index >= 15 is 0 Å². The second-order valence-electron chi connectivity index (χ2n) is 5.72. The van der Waals surface area contributed by atoms with Gasteiger partial charge in [0.2, 0.25) is 5.88 Å². The number of ether oxygens (including phenoxy) is 2. The highest BCUT2D eigenvalue weighted by molar-refractivity contribution is 5.84. The van der Waals surface area contributed by atoms with Crippen molar-refractivity contribution in [3.63, 3.8) is 0 Å². The Morgan fingerprint density at radius 1 is 1.22 bits per heavy atom. The van der Waals surface area contributed by atoms with Gasteiger partial charge in [-0.25, -0.2) is 9.78 Å². The van der Waals surface area contributed by atoms with Crippen molar-refractivity contribution >= 4 is 11.8 Å². The van der Waals surface area contributed by atoms with Gasteiger partial charge in [-0.05, 0) is 57.2 Å². The summed E-state index contributed by atoms with van der Waals surface area (Å²) in [5.41, 5.74) is 0.372. The van der Waals surface area contributed by atoms with Gasteiger partial charge in [-0.3, -0.25) is 5.32 Å². The minimum absolute atomic E-state index is 0.239. The SMILES string of the molecule is CC(C)(C)OC(=O)Nc1ccc(Oc2ncccc2C#N)cc1. The van der Waals surface area contributed by atoms with Gasteiger partial charge in [0.05, 0.1) is 0 Å². The van der Waals surface area contributed by atoms with Crippen LogP contribution in [0.25, 0.3) is 0 Å². The summed E-state index contributed by atoms with van der Waals surface area (Å²) in [5, 5.41) is 11.6. The summed E-state index contributed by atoms with van der Waals surface area (Å²) in [7, 11) is 0. The van der Waals surface area contributed by atoms with E-state index in [0.29, 0.717) is 17.0 Å². The summed E-state index contributed by atoms with van der Waals surface area (Å²) in [4.78, 5) is 15.7. The van der Waals surface area contributed by atoms with Gasteiger partial charge < -0.3 is 9.47 Å². The maximum atomic E-state index is 11.7. The van der Waals surface area contributed by atoms with Crippen molar-refractivity contribution < 1.29 is 14.3 Å². The Kier molecular flexibility index (Phi) is 4.82. The largest absolute Gasteiger partial charge is 0.444 e. The number of nitriles is 1. The molecule has 2 rings (SSSR count). The molecule has 0 unspecified atom stereocenters. The van der Waals surface area contributed by atoms with Crippen LogP contribution in [0.1, 0.15) is 26.3 Å². The summed E-state index contributed by atoms with van der Waals surface area (Å²) in [6.07, 6.45) is 1.02. The van der Waals surface area contributed by atoms with Crippen LogP contribution in [0.5, 0.6) is 11.6 Å². The van der Waals surface area contributed by atoms with Crippen LogP contribution in [0, 0.1) is 11.3 Å². The molecule has 6 nitrogen and oxygen atoms in total. The predicted octanol–water partition coefficient (Wildman–Crippen LogP) is 4.09. The van der Waals surface area contributed by atoms with Crippen molar-refractivity contribution in [2.24, 2.45) is 0 Å². The molecular weight excluding hydrogens is 294 g/mol. The number of hydrogen-bond acceptors (Lipinski definition) is 5. The Morgan fingerprint density at radius 3 is 2.52 bits per heavy atom. The first-order valence-corrected chi connectivity index (χ1v) is 7.00. The van der Waals surface area contributed by atoms with Gasteiger partial charge >= 0.3 is 6.09 Å². The van der Waals surface area contributed by atoms with Gasteiger partial charge in [-0.2, -0.15) is 5.26 Å². The molecule has 0 spiro atoms. The van der Waals surface area contributed by atoms with Crippen LogP contribution in [0.3, 0.4) is 0 Å². The molecule has 0 aliphatic rings. The number of benzene rings is 1. The van der Waals surface area contributed by atoms with Crippen molar-refractivity contribution in [1.29, 1.82) is 5.26 Å². The second kappa shape index (κ2) is 6.79. The Bertz CT molecular complexity index is 728.